The second-order valence-corrected chi connectivity index (χ2v) is 6.41. The number of nitrogens with zero attached hydrogens (tertiary/aromatic N) is 2. The van der Waals surface area contributed by atoms with Gasteiger partial charge in [-0.2, -0.15) is 0 Å². The summed E-state index contributed by atoms with van der Waals surface area (Å²) in [6.07, 6.45) is 2.40. The molecule has 1 fully saturated rings. The van der Waals surface area contributed by atoms with Crippen LogP contribution in [0.4, 0.5) is 5.69 Å². The molecule has 3 atom stereocenters. The fourth-order valence-corrected chi connectivity index (χ4v) is 3.22. The number of rotatable bonds is 4. The summed E-state index contributed by atoms with van der Waals surface area (Å²) in [5.41, 5.74) is -0.111. The number of ether oxygens (including phenoxy) is 1. The van der Waals surface area contributed by atoms with E-state index in [9.17, 15) is 14.9 Å². The Kier molecular flexibility index (Phi) is 5.46. The highest BCUT2D eigenvalue weighted by atomic mass is 35.5. The summed E-state index contributed by atoms with van der Waals surface area (Å²) in [7, 11) is 0. The lowest BCUT2D eigenvalue weighted by Gasteiger charge is -2.40. The van der Waals surface area contributed by atoms with Crippen LogP contribution in [-0.4, -0.2) is 33.9 Å². The molecule has 0 saturated carbocycles. The largest absolute Gasteiger partial charge is 0.479 e. The third kappa shape index (κ3) is 3.93. The summed E-state index contributed by atoms with van der Waals surface area (Å²) in [4.78, 5) is 24.7. The fourth-order valence-electron chi connectivity index (χ4n) is 3.01. The van der Waals surface area contributed by atoms with Crippen LogP contribution in [0.5, 0.6) is 5.75 Å². The number of halogens is 1. The summed E-state index contributed by atoms with van der Waals surface area (Å²) in [6, 6.07) is 4.33. The van der Waals surface area contributed by atoms with Crippen LogP contribution in [0.3, 0.4) is 0 Å². The SMILES string of the molecule is C[C@@H]1CCC[C@@H](C)N1C(=O)[C@@H](C)Oc1ccc([N+](=O)[O-])cc1Cl. The molecule has 0 unspecified atom stereocenters. The first-order chi connectivity index (χ1) is 10.8. The van der Waals surface area contributed by atoms with Crippen molar-refractivity contribution in [2.24, 2.45) is 0 Å². The van der Waals surface area contributed by atoms with Crippen LogP contribution < -0.4 is 4.74 Å². The zero-order chi connectivity index (χ0) is 17.1. The van der Waals surface area contributed by atoms with E-state index in [0.29, 0.717) is 0 Å². The summed E-state index contributed by atoms with van der Waals surface area (Å²) in [6.45, 7) is 5.76. The van der Waals surface area contributed by atoms with Gasteiger partial charge in [0.2, 0.25) is 0 Å². The third-order valence-corrected chi connectivity index (χ3v) is 4.52. The molecule has 1 heterocycles. The molecule has 2 rings (SSSR count). The minimum Gasteiger partial charge on any atom is -0.479 e. The van der Waals surface area contributed by atoms with Crippen molar-refractivity contribution in [3.8, 4) is 5.75 Å². The molecule has 0 radical (unpaired) electrons. The zero-order valence-corrected chi connectivity index (χ0v) is 14.2. The molecule has 23 heavy (non-hydrogen) atoms. The van der Waals surface area contributed by atoms with E-state index in [2.05, 4.69) is 0 Å². The van der Waals surface area contributed by atoms with Crippen molar-refractivity contribution >= 4 is 23.2 Å². The van der Waals surface area contributed by atoms with Crippen molar-refractivity contribution in [1.82, 2.24) is 4.90 Å². The van der Waals surface area contributed by atoms with Crippen LogP contribution in [0, 0.1) is 10.1 Å². The number of hydrogen-bond donors (Lipinski definition) is 0. The van der Waals surface area contributed by atoms with E-state index in [1.54, 1.807) is 6.92 Å². The number of nitro groups is 1. The number of amides is 1. The molecule has 0 N–H and O–H groups in total. The first kappa shape index (κ1) is 17.5. The lowest BCUT2D eigenvalue weighted by molar-refractivity contribution is -0.384. The number of nitro benzene ring substituents is 1. The Morgan fingerprint density at radius 3 is 2.52 bits per heavy atom. The van der Waals surface area contributed by atoms with Crippen molar-refractivity contribution in [2.75, 3.05) is 0 Å². The van der Waals surface area contributed by atoms with Crippen molar-refractivity contribution in [1.29, 1.82) is 0 Å². The Hall–Kier alpha value is -1.82. The smallest absolute Gasteiger partial charge is 0.271 e. The molecule has 0 bridgehead atoms. The lowest BCUT2D eigenvalue weighted by atomic mass is 9.97. The highest BCUT2D eigenvalue weighted by Crippen LogP contribution is 2.30. The first-order valence-electron chi connectivity index (χ1n) is 7.74. The Morgan fingerprint density at radius 2 is 2.00 bits per heavy atom. The van der Waals surface area contributed by atoms with E-state index in [-0.39, 0.29) is 34.5 Å². The predicted molar refractivity (Wildman–Crippen MR) is 87.8 cm³/mol. The van der Waals surface area contributed by atoms with Gasteiger partial charge in [0.1, 0.15) is 5.75 Å². The number of piperidine rings is 1. The molecule has 0 aliphatic carbocycles. The Morgan fingerprint density at radius 1 is 1.39 bits per heavy atom. The normalized spacial score (nSPS) is 22.5. The molecule has 1 aromatic rings. The monoisotopic (exact) mass is 340 g/mol. The van der Waals surface area contributed by atoms with Gasteiger partial charge in [0.15, 0.2) is 6.10 Å². The van der Waals surface area contributed by atoms with Gasteiger partial charge in [-0.3, -0.25) is 14.9 Å². The maximum atomic E-state index is 12.7. The molecule has 1 saturated heterocycles. The van der Waals surface area contributed by atoms with Crippen LogP contribution in [-0.2, 0) is 4.79 Å². The van der Waals surface area contributed by atoms with E-state index in [0.717, 1.165) is 19.3 Å². The Bertz CT molecular complexity index is 598. The Balaban J connectivity index is 2.10. The molecule has 1 aliphatic rings. The quantitative estimate of drug-likeness (QED) is 0.617. The average Bonchev–Trinajstić information content (AvgIpc) is 2.48. The molecule has 0 aromatic heterocycles. The van der Waals surface area contributed by atoms with Gasteiger partial charge in [-0.1, -0.05) is 11.6 Å². The Labute approximate surface area is 140 Å². The van der Waals surface area contributed by atoms with Gasteiger partial charge in [-0.05, 0) is 46.1 Å². The van der Waals surface area contributed by atoms with Gasteiger partial charge < -0.3 is 9.64 Å². The minimum atomic E-state index is -0.697. The second-order valence-electron chi connectivity index (χ2n) is 6.01. The number of non-ortho nitro benzene ring substituents is 1. The van der Waals surface area contributed by atoms with E-state index < -0.39 is 11.0 Å². The summed E-state index contributed by atoms with van der Waals surface area (Å²) in [5, 5.41) is 10.8. The van der Waals surface area contributed by atoms with Gasteiger partial charge in [-0.25, -0.2) is 0 Å². The number of benzene rings is 1. The molecule has 1 aromatic carbocycles. The summed E-state index contributed by atoms with van der Waals surface area (Å²) < 4.78 is 5.65. The molecule has 6 nitrogen and oxygen atoms in total. The van der Waals surface area contributed by atoms with Crippen LogP contribution >= 0.6 is 11.6 Å². The van der Waals surface area contributed by atoms with Crippen molar-refractivity contribution in [3.05, 3.63) is 33.3 Å². The molecule has 1 amide bonds. The van der Waals surface area contributed by atoms with Gasteiger partial charge in [0.25, 0.3) is 11.6 Å². The van der Waals surface area contributed by atoms with Crippen LogP contribution in [0.1, 0.15) is 40.0 Å². The van der Waals surface area contributed by atoms with Gasteiger partial charge in [-0.15, -0.1) is 0 Å². The number of carbonyl (C=O) groups excluding carboxylic acids is 1. The molecule has 7 heteroatoms. The highest BCUT2D eigenvalue weighted by molar-refractivity contribution is 6.32. The maximum Gasteiger partial charge on any atom is 0.271 e. The van der Waals surface area contributed by atoms with Crippen molar-refractivity contribution in [3.63, 3.8) is 0 Å². The van der Waals surface area contributed by atoms with E-state index in [4.69, 9.17) is 16.3 Å². The number of hydrogen-bond acceptors (Lipinski definition) is 4. The second kappa shape index (κ2) is 7.17. The molecule has 126 valence electrons. The van der Waals surface area contributed by atoms with E-state index >= 15 is 0 Å². The van der Waals surface area contributed by atoms with Crippen molar-refractivity contribution in [2.45, 2.75) is 58.2 Å². The summed E-state index contributed by atoms with van der Waals surface area (Å²) >= 11 is 6.01. The first-order valence-corrected chi connectivity index (χ1v) is 8.11. The number of carbonyl (C=O) groups is 1. The molecule has 0 spiro atoms. The van der Waals surface area contributed by atoms with Gasteiger partial charge in [0.05, 0.1) is 9.95 Å². The fraction of sp³-hybridized carbons (Fsp3) is 0.562. The molecular weight excluding hydrogens is 320 g/mol. The highest BCUT2D eigenvalue weighted by Gasteiger charge is 2.32. The van der Waals surface area contributed by atoms with Crippen LogP contribution in [0.25, 0.3) is 0 Å². The van der Waals surface area contributed by atoms with Crippen LogP contribution in [0.15, 0.2) is 18.2 Å². The topological polar surface area (TPSA) is 72.7 Å². The van der Waals surface area contributed by atoms with E-state index in [1.165, 1.54) is 18.2 Å². The zero-order valence-electron chi connectivity index (χ0n) is 13.5. The summed E-state index contributed by atoms with van der Waals surface area (Å²) in [5.74, 6) is 0.189. The minimum absolute atomic E-state index is 0.0841. The van der Waals surface area contributed by atoms with E-state index in [1.807, 2.05) is 18.7 Å². The van der Waals surface area contributed by atoms with Crippen LogP contribution in [0.2, 0.25) is 5.02 Å². The molecule has 1 aliphatic heterocycles. The number of likely N-dealkylation sites (tertiary alicyclic amines) is 1. The van der Waals surface area contributed by atoms with Crippen molar-refractivity contribution < 1.29 is 14.5 Å². The third-order valence-electron chi connectivity index (χ3n) is 4.23. The predicted octanol–water partition coefficient (Wildman–Crippen LogP) is 3.81. The average molecular weight is 341 g/mol. The molecular formula is C16H21ClN2O4. The van der Waals surface area contributed by atoms with Gasteiger partial charge >= 0.3 is 0 Å². The maximum absolute atomic E-state index is 12.7. The standard InChI is InChI=1S/C16H21ClN2O4/c1-10-5-4-6-11(2)18(10)16(20)12(3)23-15-8-7-13(19(21)22)9-14(15)17/h7-12H,4-6H2,1-3H3/t10-,11-,12-/m1/s1. The van der Waals surface area contributed by atoms with Gasteiger partial charge in [0, 0.05) is 24.2 Å². The lowest BCUT2D eigenvalue weighted by Crippen LogP contribution is -2.51.